The minimum Gasteiger partial charge on any atom is -0.372 e. The number of carbonyl (C=O) groups excluding carboxylic acids is 1. The minimum absolute atomic E-state index is 0.0865. The van der Waals surface area contributed by atoms with E-state index in [0.717, 1.165) is 5.56 Å². The Hall–Kier alpha value is -1.93. The van der Waals surface area contributed by atoms with E-state index in [0.29, 0.717) is 16.7 Å². The number of carbonyl (C=O) groups is 1. The van der Waals surface area contributed by atoms with Crippen molar-refractivity contribution in [2.75, 3.05) is 13.2 Å². The van der Waals surface area contributed by atoms with Crippen LogP contribution in [0.25, 0.3) is 0 Å². The van der Waals surface area contributed by atoms with Crippen LogP contribution in [-0.2, 0) is 29.3 Å². The van der Waals surface area contributed by atoms with Gasteiger partial charge in [0.1, 0.15) is 0 Å². The molecule has 2 aromatic carbocycles. The third-order valence-corrected chi connectivity index (χ3v) is 5.85. The molecule has 2 aromatic rings. The van der Waals surface area contributed by atoms with E-state index in [-0.39, 0.29) is 19.0 Å². The highest BCUT2D eigenvalue weighted by atomic mass is 32.3. The molecule has 0 amide bonds. The molecule has 0 saturated carbocycles. The Labute approximate surface area is 173 Å². The highest BCUT2D eigenvalue weighted by Crippen LogP contribution is 2.57. The largest absolute Gasteiger partial charge is 0.481 e. The van der Waals surface area contributed by atoms with Crippen molar-refractivity contribution < 1.29 is 42.2 Å². The van der Waals surface area contributed by atoms with Gasteiger partial charge >= 0.3 is 15.6 Å². The maximum Gasteiger partial charge on any atom is 0.481 e. The Bertz CT molecular complexity index is 983. The Kier molecular flexibility index (Phi) is 8.85. The van der Waals surface area contributed by atoms with Crippen LogP contribution in [0.3, 0.4) is 0 Å². The summed E-state index contributed by atoms with van der Waals surface area (Å²) in [4.78, 5) is 38.7. The molecule has 0 aliphatic rings. The molecule has 1 atom stereocenters. The molecule has 0 aromatic heterocycles. The van der Waals surface area contributed by atoms with Crippen molar-refractivity contribution >= 4 is 21.4 Å². The molecule has 0 aliphatic carbocycles. The first kappa shape index (κ1) is 24.3. The summed E-state index contributed by atoms with van der Waals surface area (Å²) in [5.41, 5.74) is 2.60. The van der Waals surface area contributed by atoms with Crippen molar-refractivity contribution in [1.29, 1.82) is 0 Å². The quantitative estimate of drug-likeness (QED) is 0.262. The molecule has 0 aliphatic heterocycles. The van der Waals surface area contributed by atoms with E-state index in [9.17, 15) is 18.8 Å². The van der Waals surface area contributed by atoms with Crippen LogP contribution >= 0.6 is 15.6 Å². The standard InChI is InChI=1S/C19H22O9P2/c1-15(10-11-27-30(24,25)28-29(21,22)23)13-26-14-16-6-5-9-18(12-16)19(20)17-7-3-2-4-8-17/h2-10,12H,11,13-14H2,1H3,(H,24,25)(H2,21,22,23)/b15-10+/i29+1,30+1. The van der Waals surface area contributed by atoms with Crippen LogP contribution in [-0.4, -0.2) is 33.7 Å². The van der Waals surface area contributed by atoms with Crippen LogP contribution in [0.5, 0.6) is 0 Å². The SMILES string of the molecule is C/C(=C\CO[32P](=O)(O)O[32P](=O)(O)O)COCc1cccc(C(=O)c2ccccc2)c1. The fourth-order valence-electron chi connectivity index (χ4n) is 2.38. The topological polar surface area (TPSA) is 140 Å². The van der Waals surface area contributed by atoms with Gasteiger partial charge in [0.15, 0.2) is 5.78 Å². The molecule has 0 radical (unpaired) electrons. The number of phosphoric ester groups is 1. The van der Waals surface area contributed by atoms with Crippen LogP contribution in [0.1, 0.15) is 28.4 Å². The van der Waals surface area contributed by atoms with Crippen LogP contribution in [0.15, 0.2) is 66.2 Å². The molecule has 2 rings (SSSR count). The van der Waals surface area contributed by atoms with E-state index in [2.05, 4.69) is 8.83 Å². The number of rotatable bonds is 11. The van der Waals surface area contributed by atoms with Gasteiger partial charge in [0, 0.05) is 11.1 Å². The summed E-state index contributed by atoms with van der Waals surface area (Å²) >= 11 is 0. The number of ketones is 1. The molecule has 0 heterocycles. The number of ether oxygens (including phenoxy) is 1. The normalized spacial score (nSPS) is 14.3. The lowest BCUT2D eigenvalue weighted by Gasteiger charge is -2.11. The molecule has 3 N–H and O–H groups in total. The minimum atomic E-state index is -5.14. The van der Waals surface area contributed by atoms with E-state index in [1.165, 1.54) is 6.08 Å². The Morgan fingerprint density at radius 1 is 1.00 bits per heavy atom. The predicted octanol–water partition coefficient (Wildman–Crippen LogP) is 3.61. The summed E-state index contributed by atoms with van der Waals surface area (Å²) in [7, 11) is -10.0. The maximum absolute atomic E-state index is 12.5. The van der Waals surface area contributed by atoms with Crippen molar-refractivity contribution in [2.45, 2.75) is 13.5 Å². The van der Waals surface area contributed by atoms with Gasteiger partial charge in [-0.1, -0.05) is 54.6 Å². The van der Waals surface area contributed by atoms with Gasteiger partial charge in [-0.15, -0.1) is 0 Å². The van der Waals surface area contributed by atoms with Gasteiger partial charge in [0.25, 0.3) is 0 Å². The van der Waals surface area contributed by atoms with Gasteiger partial charge < -0.3 is 19.4 Å². The summed E-state index contributed by atoms with van der Waals surface area (Å²) in [6, 6.07) is 16.0. The Morgan fingerprint density at radius 3 is 2.33 bits per heavy atom. The molecule has 11 heteroatoms. The highest BCUT2D eigenvalue weighted by Gasteiger charge is 2.31. The fourth-order valence-corrected chi connectivity index (χ4v) is 3.91. The van der Waals surface area contributed by atoms with E-state index in [4.69, 9.17) is 14.5 Å². The highest BCUT2D eigenvalue weighted by molar-refractivity contribution is 7.60. The monoisotopic (exact) mass is 458 g/mol. The molecule has 1 unspecified atom stereocenters. The molecule has 0 spiro atoms. The van der Waals surface area contributed by atoms with E-state index < -0.39 is 22.3 Å². The van der Waals surface area contributed by atoms with Crippen molar-refractivity contribution in [3.63, 3.8) is 0 Å². The summed E-state index contributed by atoms with van der Waals surface area (Å²) in [6.07, 6.45) is 1.42. The van der Waals surface area contributed by atoms with Crippen LogP contribution in [0.4, 0.5) is 0 Å². The zero-order valence-electron chi connectivity index (χ0n) is 16.1. The second-order valence-corrected chi connectivity index (χ2v) is 9.11. The lowest BCUT2D eigenvalue weighted by atomic mass is 10.0. The second kappa shape index (κ2) is 10.9. The Balaban J connectivity index is 1.83. The molecule has 0 bridgehead atoms. The fraction of sp³-hybridized carbons (Fsp3) is 0.211. The van der Waals surface area contributed by atoms with Gasteiger partial charge in [-0.2, -0.15) is 4.31 Å². The molecule has 0 saturated heterocycles. The van der Waals surface area contributed by atoms with Gasteiger partial charge in [0.05, 0.1) is 19.8 Å². The second-order valence-electron chi connectivity index (χ2n) is 6.28. The van der Waals surface area contributed by atoms with E-state index in [1.54, 1.807) is 49.4 Å². The van der Waals surface area contributed by atoms with Crippen LogP contribution < -0.4 is 0 Å². The van der Waals surface area contributed by atoms with E-state index in [1.807, 2.05) is 12.1 Å². The van der Waals surface area contributed by atoms with Crippen LogP contribution in [0.2, 0.25) is 0 Å². The lowest BCUT2D eigenvalue weighted by Crippen LogP contribution is -2.03. The molecular formula is C19H22O9P2. The average Bonchev–Trinajstić information content (AvgIpc) is 2.66. The zero-order chi connectivity index (χ0) is 22.2. The Morgan fingerprint density at radius 2 is 1.67 bits per heavy atom. The first-order chi connectivity index (χ1) is 14.1. The molecule has 30 heavy (non-hydrogen) atoms. The number of phosphoric acid groups is 2. The van der Waals surface area contributed by atoms with Crippen molar-refractivity contribution in [3.8, 4) is 0 Å². The van der Waals surface area contributed by atoms with Gasteiger partial charge in [-0.3, -0.25) is 9.32 Å². The zero-order valence-corrected chi connectivity index (χ0v) is 17.9. The predicted molar refractivity (Wildman–Crippen MR) is 109 cm³/mol. The molecule has 162 valence electrons. The molecule has 0 fully saturated rings. The third-order valence-electron chi connectivity index (χ3n) is 3.70. The molecular weight excluding hydrogens is 436 g/mol. The van der Waals surface area contributed by atoms with E-state index >= 15 is 0 Å². The molecule has 9 nitrogen and oxygen atoms in total. The van der Waals surface area contributed by atoms with Crippen molar-refractivity contribution in [1.82, 2.24) is 0 Å². The third kappa shape index (κ3) is 8.83. The van der Waals surface area contributed by atoms with Gasteiger partial charge in [-0.05, 0) is 24.1 Å². The maximum atomic E-state index is 12.5. The lowest BCUT2D eigenvalue weighted by molar-refractivity contribution is 0.103. The summed E-state index contributed by atoms with van der Waals surface area (Å²) < 4.78 is 35.6. The van der Waals surface area contributed by atoms with Gasteiger partial charge in [0.2, 0.25) is 0 Å². The summed E-state index contributed by atoms with van der Waals surface area (Å²) in [6.45, 7) is 1.70. The number of benzene rings is 2. The average molecular weight is 458 g/mol. The summed E-state index contributed by atoms with van der Waals surface area (Å²) in [5, 5.41) is 0. The number of hydrogen-bond acceptors (Lipinski definition) is 6. The van der Waals surface area contributed by atoms with Crippen molar-refractivity contribution in [2.24, 2.45) is 0 Å². The van der Waals surface area contributed by atoms with Crippen molar-refractivity contribution in [3.05, 3.63) is 82.9 Å². The smallest absolute Gasteiger partial charge is 0.372 e. The first-order valence-corrected chi connectivity index (χ1v) is 11.7. The number of hydrogen-bond donors (Lipinski definition) is 3. The van der Waals surface area contributed by atoms with Gasteiger partial charge in [-0.25, -0.2) is 9.13 Å². The van der Waals surface area contributed by atoms with Crippen LogP contribution in [0, 0.1) is 0 Å². The first-order valence-electron chi connectivity index (χ1n) is 8.72. The summed E-state index contributed by atoms with van der Waals surface area (Å²) in [5.74, 6) is -0.0865.